The minimum atomic E-state index is 0.639. The van der Waals surface area contributed by atoms with E-state index in [9.17, 15) is 0 Å². The Labute approximate surface area is 102 Å². The number of nitrogens with zero attached hydrogens (tertiary/aromatic N) is 1. The van der Waals surface area contributed by atoms with E-state index < -0.39 is 0 Å². The Balaban J connectivity index is 2.45. The third-order valence-corrected chi connectivity index (χ3v) is 4.10. The van der Waals surface area contributed by atoms with Crippen molar-refractivity contribution < 1.29 is 0 Å². The normalized spacial score (nSPS) is 29.2. The first kappa shape index (κ1) is 14.0. The van der Waals surface area contributed by atoms with Crippen LogP contribution in [-0.4, -0.2) is 29.6 Å². The fourth-order valence-corrected chi connectivity index (χ4v) is 3.18. The van der Waals surface area contributed by atoms with Gasteiger partial charge in [-0.2, -0.15) is 0 Å². The Hall–Kier alpha value is -0.0800. The van der Waals surface area contributed by atoms with E-state index in [0.29, 0.717) is 6.04 Å². The molecule has 0 saturated carbocycles. The van der Waals surface area contributed by atoms with Gasteiger partial charge in [-0.1, -0.05) is 32.6 Å². The molecule has 1 saturated heterocycles. The van der Waals surface area contributed by atoms with Crippen molar-refractivity contribution in [3.8, 4) is 0 Å². The zero-order chi connectivity index (χ0) is 12.0. The molecule has 1 aliphatic heterocycles. The number of nitrogens with two attached hydrogens (primary N) is 1. The minimum absolute atomic E-state index is 0.639. The van der Waals surface area contributed by atoms with Gasteiger partial charge in [0.2, 0.25) is 0 Å². The summed E-state index contributed by atoms with van der Waals surface area (Å²) in [5.74, 6) is 0. The van der Waals surface area contributed by atoms with Crippen molar-refractivity contribution in [2.24, 2.45) is 5.73 Å². The maximum absolute atomic E-state index is 5.91. The van der Waals surface area contributed by atoms with Crippen molar-refractivity contribution in [2.45, 2.75) is 83.8 Å². The third kappa shape index (κ3) is 3.74. The predicted octanol–water partition coefficient (Wildman–Crippen LogP) is 3.16. The molecule has 1 aliphatic rings. The molecule has 1 rings (SSSR count). The van der Waals surface area contributed by atoms with Crippen molar-refractivity contribution in [3.63, 3.8) is 0 Å². The minimum Gasteiger partial charge on any atom is -0.329 e. The first-order valence-corrected chi connectivity index (χ1v) is 7.18. The second-order valence-electron chi connectivity index (χ2n) is 5.46. The number of hydrogen-bond acceptors (Lipinski definition) is 2. The summed E-state index contributed by atoms with van der Waals surface area (Å²) in [7, 11) is 0. The molecule has 3 unspecified atom stereocenters. The largest absolute Gasteiger partial charge is 0.329 e. The summed E-state index contributed by atoms with van der Waals surface area (Å²) < 4.78 is 0. The van der Waals surface area contributed by atoms with Crippen LogP contribution in [0, 0.1) is 0 Å². The molecule has 96 valence electrons. The van der Waals surface area contributed by atoms with Crippen molar-refractivity contribution in [1.29, 1.82) is 0 Å². The summed E-state index contributed by atoms with van der Waals surface area (Å²) in [5.41, 5.74) is 5.91. The van der Waals surface area contributed by atoms with Gasteiger partial charge in [0.15, 0.2) is 0 Å². The highest BCUT2D eigenvalue weighted by atomic mass is 15.2. The molecule has 2 heteroatoms. The lowest BCUT2D eigenvalue weighted by atomic mass is 9.93. The van der Waals surface area contributed by atoms with Gasteiger partial charge >= 0.3 is 0 Å². The number of unbranched alkanes of at least 4 members (excludes halogenated alkanes) is 2. The van der Waals surface area contributed by atoms with E-state index >= 15 is 0 Å². The van der Waals surface area contributed by atoms with Gasteiger partial charge in [0.25, 0.3) is 0 Å². The summed E-state index contributed by atoms with van der Waals surface area (Å²) in [5, 5.41) is 0. The summed E-state index contributed by atoms with van der Waals surface area (Å²) in [6.45, 7) is 7.87. The Kier molecular flexibility index (Phi) is 6.37. The molecule has 0 amide bonds. The second kappa shape index (κ2) is 7.29. The summed E-state index contributed by atoms with van der Waals surface area (Å²) in [6.07, 6.45) is 9.43. The first-order chi connectivity index (χ1) is 7.70. The molecule has 0 spiro atoms. The van der Waals surface area contributed by atoms with Crippen molar-refractivity contribution in [2.75, 3.05) is 6.54 Å². The SMILES string of the molecule is CCCCCC(C)N1C(C)CCCC1CN. The third-order valence-electron chi connectivity index (χ3n) is 4.10. The fraction of sp³-hybridized carbons (Fsp3) is 1.00. The number of likely N-dealkylation sites (tertiary alicyclic amines) is 1. The summed E-state index contributed by atoms with van der Waals surface area (Å²) in [6, 6.07) is 2.09. The van der Waals surface area contributed by atoms with E-state index in [1.807, 2.05) is 0 Å². The maximum atomic E-state index is 5.91. The molecule has 2 nitrogen and oxygen atoms in total. The Morgan fingerprint density at radius 2 is 2.06 bits per heavy atom. The molecule has 3 atom stereocenters. The lowest BCUT2D eigenvalue weighted by Crippen LogP contribution is -2.52. The smallest absolute Gasteiger partial charge is 0.0224 e. The standard InChI is InChI=1S/C14H30N2/c1-4-5-6-8-12(2)16-13(3)9-7-10-14(16)11-15/h12-14H,4-11,15H2,1-3H3. The predicted molar refractivity (Wildman–Crippen MR) is 71.6 cm³/mol. The van der Waals surface area contributed by atoms with Crippen LogP contribution >= 0.6 is 0 Å². The first-order valence-electron chi connectivity index (χ1n) is 7.18. The molecule has 0 aromatic heterocycles. The average Bonchev–Trinajstić information content (AvgIpc) is 2.28. The molecule has 1 heterocycles. The van der Waals surface area contributed by atoms with Crippen molar-refractivity contribution in [3.05, 3.63) is 0 Å². The molecule has 0 aromatic rings. The van der Waals surface area contributed by atoms with Crippen LogP contribution < -0.4 is 5.73 Å². The van der Waals surface area contributed by atoms with E-state index in [0.717, 1.165) is 18.6 Å². The lowest BCUT2D eigenvalue weighted by molar-refractivity contribution is 0.0527. The Bertz CT molecular complexity index is 182. The molecule has 16 heavy (non-hydrogen) atoms. The monoisotopic (exact) mass is 226 g/mol. The molecular weight excluding hydrogens is 196 g/mol. The van der Waals surface area contributed by atoms with Crippen LogP contribution in [0.3, 0.4) is 0 Å². The molecule has 0 aliphatic carbocycles. The van der Waals surface area contributed by atoms with Crippen LogP contribution in [0.2, 0.25) is 0 Å². The molecule has 0 bridgehead atoms. The summed E-state index contributed by atoms with van der Waals surface area (Å²) in [4.78, 5) is 2.69. The number of hydrogen-bond donors (Lipinski definition) is 1. The topological polar surface area (TPSA) is 29.3 Å². The zero-order valence-electron chi connectivity index (χ0n) is 11.4. The van der Waals surface area contributed by atoms with Crippen molar-refractivity contribution >= 4 is 0 Å². The van der Waals surface area contributed by atoms with Gasteiger partial charge < -0.3 is 5.73 Å². The molecule has 0 radical (unpaired) electrons. The molecule has 0 aromatic carbocycles. The van der Waals surface area contributed by atoms with Gasteiger partial charge in [-0.05, 0) is 33.1 Å². The lowest BCUT2D eigenvalue weighted by Gasteiger charge is -2.44. The number of rotatable bonds is 6. The molecular formula is C14H30N2. The van der Waals surface area contributed by atoms with E-state index in [-0.39, 0.29) is 0 Å². The van der Waals surface area contributed by atoms with E-state index in [2.05, 4.69) is 25.7 Å². The summed E-state index contributed by atoms with van der Waals surface area (Å²) >= 11 is 0. The van der Waals surface area contributed by atoms with E-state index in [4.69, 9.17) is 5.73 Å². The van der Waals surface area contributed by atoms with Gasteiger partial charge in [0.1, 0.15) is 0 Å². The van der Waals surface area contributed by atoms with Gasteiger partial charge in [-0.15, -0.1) is 0 Å². The van der Waals surface area contributed by atoms with Crippen LogP contribution in [0.1, 0.15) is 65.7 Å². The fourth-order valence-electron chi connectivity index (χ4n) is 3.18. The zero-order valence-corrected chi connectivity index (χ0v) is 11.4. The van der Waals surface area contributed by atoms with E-state index in [1.165, 1.54) is 44.9 Å². The quantitative estimate of drug-likeness (QED) is 0.705. The highest BCUT2D eigenvalue weighted by molar-refractivity contribution is 4.86. The van der Waals surface area contributed by atoms with Crippen LogP contribution in [0.5, 0.6) is 0 Å². The van der Waals surface area contributed by atoms with Crippen LogP contribution in [0.4, 0.5) is 0 Å². The van der Waals surface area contributed by atoms with Gasteiger partial charge in [0, 0.05) is 24.7 Å². The molecule has 2 N–H and O–H groups in total. The van der Waals surface area contributed by atoms with Crippen LogP contribution in [-0.2, 0) is 0 Å². The van der Waals surface area contributed by atoms with Gasteiger partial charge in [0.05, 0.1) is 0 Å². The van der Waals surface area contributed by atoms with Gasteiger partial charge in [-0.25, -0.2) is 0 Å². The van der Waals surface area contributed by atoms with Gasteiger partial charge in [-0.3, -0.25) is 4.90 Å². The highest BCUT2D eigenvalue weighted by Crippen LogP contribution is 2.26. The Morgan fingerprint density at radius 1 is 1.31 bits per heavy atom. The van der Waals surface area contributed by atoms with E-state index in [1.54, 1.807) is 0 Å². The van der Waals surface area contributed by atoms with Crippen LogP contribution in [0.15, 0.2) is 0 Å². The van der Waals surface area contributed by atoms with Crippen molar-refractivity contribution in [1.82, 2.24) is 4.90 Å². The maximum Gasteiger partial charge on any atom is 0.0224 e. The Morgan fingerprint density at radius 3 is 2.69 bits per heavy atom. The average molecular weight is 226 g/mol. The molecule has 1 fully saturated rings. The second-order valence-corrected chi connectivity index (χ2v) is 5.46. The number of piperidine rings is 1. The van der Waals surface area contributed by atoms with Crippen LogP contribution in [0.25, 0.3) is 0 Å². The highest BCUT2D eigenvalue weighted by Gasteiger charge is 2.29.